The molecule has 19 heavy (non-hydrogen) atoms. The summed E-state index contributed by atoms with van der Waals surface area (Å²) in [4.78, 5) is 0. The van der Waals surface area contributed by atoms with Crippen molar-refractivity contribution in [3.8, 4) is 0 Å². The topological polar surface area (TPSA) is 61.4 Å². The summed E-state index contributed by atoms with van der Waals surface area (Å²) in [5.74, 6) is 0. The molecule has 1 aliphatic heterocycles. The number of rotatable bonds is 4. The Morgan fingerprint density at radius 2 is 1.74 bits per heavy atom. The van der Waals surface area contributed by atoms with Gasteiger partial charge >= 0.3 is 0 Å². The second-order valence-electron chi connectivity index (χ2n) is 5.81. The normalized spacial score (nSPS) is 27.4. The van der Waals surface area contributed by atoms with Crippen LogP contribution in [0.3, 0.4) is 0 Å². The van der Waals surface area contributed by atoms with Crippen molar-refractivity contribution < 1.29 is 8.42 Å². The third-order valence-electron chi connectivity index (χ3n) is 4.36. The second-order valence-corrected chi connectivity index (χ2v) is 7.57. The van der Waals surface area contributed by atoms with E-state index in [1.807, 2.05) is 0 Å². The lowest BCUT2D eigenvalue weighted by molar-refractivity contribution is 0.280. The lowest BCUT2D eigenvalue weighted by Gasteiger charge is -2.31. The van der Waals surface area contributed by atoms with Crippen molar-refractivity contribution in [2.75, 3.05) is 20.1 Å². The van der Waals surface area contributed by atoms with Crippen molar-refractivity contribution in [3.63, 3.8) is 0 Å². The van der Waals surface area contributed by atoms with Crippen LogP contribution in [-0.4, -0.2) is 44.9 Å². The summed E-state index contributed by atoms with van der Waals surface area (Å²) < 4.78 is 29.3. The van der Waals surface area contributed by atoms with Crippen LogP contribution in [0.4, 0.5) is 0 Å². The fourth-order valence-corrected chi connectivity index (χ4v) is 4.50. The average molecular weight is 289 g/mol. The molecule has 6 heteroatoms. The molecule has 0 amide bonds. The van der Waals surface area contributed by atoms with E-state index in [-0.39, 0.29) is 12.1 Å². The Morgan fingerprint density at radius 1 is 1.00 bits per heavy atom. The van der Waals surface area contributed by atoms with Gasteiger partial charge in [0, 0.05) is 19.1 Å². The molecule has 0 aromatic carbocycles. The standard InChI is InChI=1S/C13H27N3O2S/c1-16(13-7-3-2-4-8-13)19(17,18)15-12-6-5-10-14-11-9-12/h12-15H,2-11H2,1H3. The van der Waals surface area contributed by atoms with Gasteiger partial charge in [-0.15, -0.1) is 0 Å². The predicted molar refractivity (Wildman–Crippen MR) is 77.2 cm³/mol. The first-order chi connectivity index (χ1) is 9.09. The maximum absolute atomic E-state index is 12.4. The first-order valence-corrected chi connectivity index (χ1v) is 8.99. The van der Waals surface area contributed by atoms with E-state index in [4.69, 9.17) is 0 Å². The number of nitrogens with one attached hydrogen (secondary N) is 2. The van der Waals surface area contributed by atoms with Gasteiger partial charge in [0.05, 0.1) is 0 Å². The van der Waals surface area contributed by atoms with Crippen molar-refractivity contribution in [1.29, 1.82) is 0 Å². The van der Waals surface area contributed by atoms with Crippen molar-refractivity contribution in [3.05, 3.63) is 0 Å². The summed E-state index contributed by atoms with van der Waals surface area (Å²) in [7, 11) is -1.59. The summed E-state index contributed by atoms with van der Waals surface area (Å²) in [5, 5.41) is 3.31. The third-order valence-corrected chi connectivity index (χ3v) is 6.05. The molecule has 5 nitrogen and oxygen atoms in total. The van der Waals surface area contributed by atoms with E-state index in [0.717, 1.165) is 58.0 Å². The number of hydrogen-bond donors (Lipinski definition) is 2. The molecular formula is C13H27N3O2S. The van der Waals surface area contributed by atoms with E-state index >= 15 is 0 Å². The van der Waals surface area contributed by atoms with Gasteiger partial charge in [-0.3, -0.25) is 0 Å². The van der Waals surface area contributed by atoms with Crippen molar-refractivity contribution in [2.45, 2.75) is 63.5 Å². The molecule has 1 atom stereocenters. The minimum atomic E-state index is -3.32. The zero-order valence-corrected chi connectivity index (χ0v) is 12.7. The van der Waals surface area contributed by atoms with Gasteiger partial charge in [-0.1, -0.05) is 19.3 Å². The Bertz CT molecular complexity index is 358. The molecule has 0 aromatic heterocycles. The monoisotopic (exact) mass is 289 g/mol. The van der Waals surface area contributed by atoms with E-state index in [9.17, 15) is 8.42 Å². The minimum absolute atomic E-state index is 0.0889. The van der Waals surface area contributed by atoms with Gasteiger partial charge in [0.2, 0.25) is 0 Å². The van der Waals surface area contributed by atoms with E-state index in [1.165, 1.54) is 6.42 Å². The number of hydrogen-bond acceptors (Lipinski definition) is 3. The van der Waals surface area contributed by atoms with Gasteiger partial charge in [0.25, 0.3) is 10.2 Å². The van der Waals surface area contributed by atoms with E-state index in [1.54, 1.807) is 11.4 Å². The largest absolute Gasteiger partial charge is 0.317 e. The van der Waals surface area contributed by atoms with E-state index in [2.05, 4.69) is 10.0 Å². The average Bonchev–Trinajstić information content (AvgIpc) is 2.67. The summed E-state index contributed by atoms with van der Waals surface area (Å²) in [5.41, 5.74) is 0. The van der Waals surface area contributed by atoms with Crippen LogP contribution in [0.2, 0.25) is 0 Å². The Morgan fingerprint density at radius 3 is 2.47 bits per heavy atom. The second kappa shape index (κ2) is 7.02. The fraction of sp³-hybridized carbons (Fsp3) is 1.00. The maximum Gasteiger partial charge on any atom is 0.279 e. The van der Waals surface area contributed by atoms with Crippen LogP contribution in [0.15, 0.2) is 0 Å². The Balaban J connectivity index is 1.92. The van der Waals surface area contributed by atoms with Crippen LogP contribution in [0, 0.1) is 0 Å². The Kier molecular flexibility index (Phi) is 5.62. The first-order valence-electron chi connectivity index (χ1n) is 7.55. The highest BCUT2D eigenvalue weighted by atomic mass is 32.2. The molecular weight excluding hydrogens is 262 g/mol. The van der Waals surface area contributed by atoms with Gasteiger partial charge in [0.1, 0.15) is 0 Å². The highest BCUT2D eigenvalue weighted by Crippen LogP contribution is 2.23. The molecule has 1 aliphatic carbocycles. The predicted octanol–water partition coefficient (Wildman–Crippen LogP) is 1.23. The Hall–Kier alpha value is -0.170. The van der Waals surface area contributed by atoms with Crippen LogP contribution >= 0.6 is 0 Å². The van der Waals surface area contributed by atoms with E-state index in [0.29, 0.717) is 0 Å². The highest BCUT2D eigenvalue weighted by molar-refractivity contribution is 7.87. The van der Waals surface area contributed by atoms with Gasteiger partial charge in [-0.05, 0) is 45.2 Å². The lowest BCUT2D eigenvalue weighted by Crippen LogP contribution is -2.48. The van der Waals surface area contributed by atoms with Crippen LogP contribution in [0.5, 0.6) is 0 Å². The summed E-state index contributed by atoms with van der Waals surface area (Å²) in [6.45, 7) is 1.90. The first kappa shape index (κ1) is 15.2. The summed E-state index contributed by atoms with van der Waals surface area (Å²) in [6, 6.07) is 0.279. The van der Waals surface area contributed by atoms with E-state index < -0.39 is 10.2 Å². The lowest BCUT2D eigenvalue weighted by atomic mass is 9.96. The zero-order valence-electron chi connectivity index (χ0n) is 11.9. The Labute approximate surface area is 117 Å². The zero-order chi connectivity index (χ0) is 13.7. The molecule has 1 unspecified atom stereocenters. The van der Waals surface area contributed by atoms with Gasteiger partial charge in [0.15, 0.2) is 0 Å². The van der Waals surface area contributed by atoms with Crippen molar-refractivity contribution in [2.24, 2.45) is 0 Å². The molecule has 0 spiro atoms. The summed E-state index contributed by atoms with van der Waals surface area (Å²) in [6.07, 6.45) is 8.41. The molecule has 2 rings (SSSR count). The maximum atomic E-state index is 12.4. The molecule has 2 fully saturated rings. The fourth-order valence-electron chi connectivity index (χ4n) is 3.07. The SMILES string of the molecule is CN(C1CCCCC1)S(=O)(=O)NC1CCCNCC1. The van der Waals surface area contributed by atoms with Crippen molar-refractivity contribution >= 4 is 10.2 Å². The van der Waals surface area contributed by atoms with Crippen molar-refractivity contribution in [1.82, 2.24) is 14.3 Å². The van der Waals surface area contributed by atoms with Crippen LogP contribution in [0.25, 0.3) is 0 Å². The smallest absolute Gasteiger partial charge is 0.279 e. The molecule has 2 N–H and O–H groups in total. The third kappa shape index (κ3) is 4.41. The molecule has 0 aromatic rings. The molecule has 0 radical (unpaired) electrons. The molecule has 1 saturated carbocycles. The molecule has 2 aliphatic rings. The quantitative estimate of drug-likeness (QED) is 0.818. The van der Waals surface area contributed by atoms with Crippen LogP contribution < -0.4 is 10.0 Å². The molecule has 0 bridgehead atoms. The number of nitrogens with zero attached hydrogens (tertiary/aromatic N) is 1. The minimum Gasteiger partial charge on any atom is -0.317 e. The van der Waals surface area contributed by atoms with Crippen LogP contribution in [0.1, 0.15) is 51.4 Å². The van der Waals surface area contributed by atoms with Gasteiger partial charge in [-0.25, -0.2) is 0 Å². The van der Waals surface area contributed by atoms with Gasteiger partial charge in [-0.2, -0.15) is 17.4 Å². The summed E-state index contributed by atoms with van der Waals surface area (Å²) >= 11 is 0. The highest BCUT2D eigenvalue weighted by Gasteiger charge is 2.29. The molecule has 1 saturated heterocycles. The molecule has 112 valence electrons. The van der Waals surface area contributed by atoms with Crippen LogP contribution in [-0.2, 0) is 10.2 Å². The van der Waals surface area contributed by atoms with Gasteiger partial charge < -0.3 is 5.32 Å². The molecule has 1 heterocycles.